The van der Waals surface area contributed by atoms with Crippen LogP contribution in [0.1, 0.15) is 22.4 Å². The zero-order valence-corrected chi connectivity index (χ0v) is 14.9. The minimum absolute atomic E-state index is 0.321. The molecule has 0 saturated carbocycles. The number of aryl methyl sites for hydroxylation is 2. The molecule has 140 valence electrons. The van der Waals surface area contributed by atoms with E-state index < -0.39 is 11.7 Å². The molecule has 7 heteroatoms. The fraction of sp³-hybridized carbons (Fsp3) is 0.200. The molecule has 0 aliphatic rings. The van der Waals surface area contributed by atoms with E-state index in [1.54, 1.807) is 0 Å². The summed E-state index contributed by atoms with van der Waals surface area (Å²) in [6, 6.07) is 14.6. The molecule has 27 heavy (non-hydrogen) atoms. The lowest BCUT2D eigenvalue weighted by Crippen LogP contribution is -2.07. The highest BCUT2D eigenvalue weighted by molar-refractivity contribution is 5.56. The van der Waals surface area contributed by atoms with E-state index in [1.807, 2.05) is 44.2 Å². The predicted octanol–water partition coefficient (Wildman–Crippen LogP) is 5.47. The molecule has 0 radical (unpaired) electrons. The van der Waals surface area contributed by atoms with Crippen LogP contribution in [0.5, 0.6) is 0 Å². The second-order valence-corrected chi connectivity index (χ2v) is 6.20. The van der Waals surface area contributed by atoms with Crippen molar-refractivity contribution >= 4 is 17.5 Å². The smallest absolute Gasteiger partial charge is 0.366 e. The maximum Gasteiger partial charge on any atom is 0.416 e. The molecule has 3 rings (SSSR count). The molecular weight excluding hydrogens is 353 g/mol. The van der Waals surface area contributed by atoms with Crippen molar-refractivity contribution in [1.29, 1.82) is 0 Å². The number of hydrogen-bond donors (Lipinski definition) is 2. The standard InChI is InChI=1S/C20H19F3N4/c1-13-5-3-4-6-15(13)12-24-18-11-14(2)25-19(27-18)26-17-9-7-16(8-10-17)20(21,22)23/h3-11H,12H2,1-2H3,(H2,24,25,26,27). The molecule has 0 fully saturated rings. The van der Waals surface area contributed by atoms with Crippen LogP contribution in [-0.4, -0.2) is 9.97 Å². The number of alkyl halides is 3. The largest absolute Gasteiger partial charge is 0.416 e. The van der Waals surface area contributed by atoms with Crippen molar-refractivity contribution in [3.63, 3.8) is 0 Å². The molecule has 1 aromatic heterocycles. The van der Waals surface area contributed by atoms with E-state index in [0.717, 1.165) is 23.4 Å². The fourth-order valence-electron chi connectivity index (χ4n) is 2.58. The molecule has 0 bridgehead atoms. The van der Waals surface area contributed by atoms with Gasteiger partial charge < -0.3 is 10.6 Å². The lowest BCUT2D eigenvalue weighted by Gasteiger charge is -2.12. The molecule has 4 nitrogen and oxygen atoms in total. The number of rotatable bonds is 5. The summed E-state index contributed by atoms with van der Waals surface area (Å²) in [4.78, 5) is 8.68. The molecule has 0 unspecified atom stereocenters. The Kier molecular flexibility index (Phi) is 5.30. The number of hydrogen-bond acceptors (Lipinski definition) is 4. The summed E-state index contributed by atoms with van der Waals surface area (Å²) in [5.41, 5.74) is 2.87. The lowest BCUT2D eigenvalue weighted by molar-refractivity contribution is -0.137. The van der Waals surface area contributed by atoms with E-state index in [2.05, 4.69) is 20.6 Å². The Hall–Kier alpha value is -3.09. The van der Waals surface area contributed by atoms with Gasteiger partial charge in [-0.1, -0.05) is 24.3 Å². The molecule has 0 aliphatic heterocycles. The molecule has 2 N–H and O–H groups in total. The molecular formula is C20H19F3N4. The minimum atomic E-state index is -4.36. The van der Waals surface area contributed by atoms with Crippen LogP contribution in [0, 0.1) is 13.8 Å². The Balaban J connectivity index is 1.72. The van der Waals surface area contributed by atoms with Crippen LogP contribution in [0.25, 0.3) is 0 Å². The molecule has 0 atom stereocenters. The zero-order valence-electron chi connectivity index (χ0n) is 14.9. The Morgan fingerprint density at radius 2 is 1.63 bits per heavy atom. The maximum atomic E-state index is 12.7. The van der Waals surface area contributed by atoms with Crippen molar-refractivity contribution in [1.82, 2.24) is 9.97 Å². The molecule has 0 amide bonds. The highest BCUT2D eigenvalue weighted by Gasteiger charge is 2.29. The van der Waals surface area contributed by atoms with Crippen molar-refractivity contribution in [3.05, 3.63) is 77.0 Å². The monoisotopic (exact) mass is 372 g/mol. The van der Waals surface area contributed by atoms with Crippen LogP contribution < -0.4 is 10.6 Å². The Bertz CT molecular complexity index is 921. The number of anilines is 3. The third kappa shape index (κ3) is 4.97. The minimum Gasteiger partial charge on any atom is -0.366 e. The van der Waals surface area contributed by atoms with Gasteiger partial charge in [-0.3, -0.25) is 0 Å². The molecule has 3 aromatic rings. The Labute approximate surface area is 155 Å². The molecule has 1 heterocycles. The van der Waals surface area contributed by atoms with Gasteiger partial charge in [0.15, 0.2) is 0 Å². The number of nitrogens with zero attached hydrogens (tertiary/aromatic N) is 2. The van der Waals surface area contributed by atoms with Gasteiger partial charge in [-0.2, -0.15) is 18.2 Å². The first-order chi connectivity index (χ1) is 12.8. The van der Waals surface area contributed by atoms with E-state index in [0.29, 0.717) is 24.0 Å². The van der Waals surface area contributed by atoms with E-state index in [9.17, 15) is 13.2 Å². The summed E-state index contributed by atoms with van der Waals surface area (Å²) in [6.45, 7) is 4.49. The fourth-order valence-corrected chi connectivity index (χ4v) is 2.58. The van der Waals surface area contributed by atoms with Crippen LogP contribution in [0.3, 0.4) is 0 Å². The highest BCUT2D eigenvalue weighted by Crippen LogP contribution is 2.30. The summed E-state index contributed by atoms with van der Waals surface area (Å²) in [5.74, 6) is 0.960. The Morgan fingerprint density at radius 3 is 2.30 bits per heavy atom. The lowest BCUT2D eigenvalue weighted by atomic mass is 10.1. The summed E-state index contributed by atoms with van der Waals surface area (Å²) in [6.07, 6.45) is -4.36. The van der Waals surface area contributed by atoms with Crippen molar-refractivity contribution < 1.29 is 13.2 Å². The summed E-state index contributed by atoms with van der Waals surface area (Å²) in [7, 11) is 0. The predicted molar refractivity (Wildman–Crippen MR) is 100 cm³/mol. The van der Waals surface area contributed by atoms with Crippen molar-refractivity contribution in [2.45, 2.75) is 26.6 Å². The van der Waals surface area contributed by atoms with Crippen LogP contribution in [0.15, 0.2) is 54.6 Å². The van der Waals surface area contributed by atoms with Crippen LogP contribution in [0.2, 0.25) is 0 Å². The van der Waals surface area contributed by atoms with Gasteiger partial charge in [0.05, 0.1) is 5.56 Å². The van der Waals surface area contributed by atoms with Crippen molar-refractivity contribution in [2.75, 3.05) is 10.6 Å². The number of nitrogens with one attached hydrogen (secondary N) is 2. The molecule has 0 aliphatic carbocycles. The molecule has 0 saturated heterocycles. The third-order valence-electron chi connectivity index (χ3n) is 4.04. The third-order valence-corrected chi connectivity index (χ3v) is 4.04. The van der Waals surface area contributed by atoms with Crippen LogP contribution in [-0.2, 0) is 12.7 Å². The highest BCUT2D eigenvalue weighted by atomic mass is 19.4. The number of aromatic nitrogens is 2. The van der Waals surface area contributed by atoms with E-state index in [-0.39, 0.29) is 0 Å². The van der Waals surface area contributed by atoms with Gasteiger partial charge in [0.25, 0.3) is 0 Å². The first-order valence-electron chi connectivity index (χ1n) is 8.39. The van der Waals surface area contributed by atoms with Crippen molar-refractivity contribution in [2.24, 2.45) is 0 Å². The average molecular weight is 372 g/mol. The SMILES string of the molecule is Cc1cc(NCc2ccccc2C)nc(Nc2ccc(C(F)(F)F)cc2)n1. The topological polar surface area (TPSA) is 49.8 Å². The first kappa shape index (κ1) is 18.7. The van der Waals surface area contributed by atoms with Gasteiger partial charge in [0.2, 0.25) is 5.95 Å². The molecule has 2 aromatic carbocycles. The maximum absolute atomic E-state index is 12.7. The van der Waals surface area contributed by atoms with E-state index in [1.165, 1.54) is 17.7 Å². The van der Waals surface area contributed by atoms with E-state index >= 15 is 0 Å². The Morgan fingerprint density at radius 1 is 0.926 bits per heavy atom. The first-order valence-corrected chi connectivity index (χ1v) is 8.39. The summed E-state index contributed by atoms with van der Waals surface area (Å²) in [5, 5.41) is 6.20. The van der Waals surface area contributed by atoms with Gasteiger partial charge in [0, 0.05) is 24.0 Å². The average Bonchev–Trinajstić information content (AvgIpc) is 2.60. The van der Waals surface area contributed by atoms with Crippen LogP contribution in [0.4, 0.5) is 30.6 Å². The second-order valence-electron chi connectivity index (χ2n) is 6.20. The second kappa shape index (κ2) is 7.65. The number of benzene rings is 2. The normalized spacial score (nSPS) is 11.3. The van der Waals surface area contributed by atoms with Crippen molar-refractivity contribution in [3.8, 4) is 0 Å². The van der Waals surface area contributed by atoms with Gasteiger partial charge >= 0.3 is 6.18 Å². The van der Waals surface area contributed by atoms with Crippen LogP contribution >= 0.6 is 0 Å². The zero-order chi connectivity index (χ0) is 19.4. The van der Waals surface area contributed by atoms with Gasteiger partial charge in [-0.05, 0) is 49.2 Å². The number of halogens is 3. The van der Waals surface area contributed by atoms with Gasteiger partial charge in [-0.25, -0.2) is 4.98 Å². The summed E-state index contributed by atoms with van der Waals surface area (Å²) < 4.78 is 38.0. The quantitative estimate of drug-likeness (QED) is 0.624. The van der Waals surface area contributed by atoms with Gasteiger partial charge in [-0.15, -0.1) is 0 Å². The van der Waals surface area contributed by atoms with E-state index in [4.69, 9.17) is 0 Å². The molecule has 0 spiro atoms. The summed E-state index contributed by atoms with van der Waals surface area (Å²) >= 11 is 0. The van der Waals surface area contributed by atoms with Gasteiger partial charge in [0.1, 0.15) is 5.82 Å².